The van der Waals surface area contributed by atoms with Gasteiger partial charge in [-0.15, -0.1) is 0 Å². The van der Waals surface area contributed by atoms with E-state index in [1.165, 1.54) is 29.2 Å². The zero-order chi connectivity index (χ0) is 21.0. The molecule has 150 valence electrons. The highest BCUT2D eigenvalue weighted by atomic mass is 16.6. The third kappa shape index (κ3) is 3.96. The van der Waals surface area contributed by atoms with Gasteiger partial charge in [0.05, 0.1) is 22.8 Å². The van der Waals surface area contributed by atoms with Crippen molar-refractivity contribution in [1.29, 1.82) is 0 Å². The van der Waals surface area contributed by atoms with Crippen LogP contribution in [-0.4, -0.2) is 34.8 Å². The van der Waals surface area contributed by atoms with Crippen molar-refractivity contribution in [2.24, 2.45) is 0 Å². The lowest BCUT2D eigenvalue weighted by atomic mass is 10.0. The predicted molar refractivity (Wildman–Crippen MR) is 108 cm³/mol. The summed E-state index contributed by atoms with van der Waals surface area (Å²) < 4.78 is 5.60. The van der Waals surface area contributed by atoms with Gasteiger partial charge < -0.3 is 10.1 Å². The number of nitro benzene ring substituents is 1. The summed E-state index contributed by atoms with van der Waals surface area (Å²) in [7, 11) is 0. The van der Waals surface area contributed by atoms with Crippen LogP contribution in [0.15, 0.2) is 54.2 Å². The number of nitrogens with one attached hydrogen (secondary N) is 1. The number of nitrogens with zero attached hydrogens (tertiary/aromatic N) is 2. The highest BCUT2D eigenvalue weighted by molar-refractivity contribution is 6.36. The summed E-state index contributed by atoms with van der Waals surface area (Å²) in [6, 6.07) is 12.7. The first-order valence-corrected chi connectivity index (χ1v) is 9.32. The molecule has 29 heavy (non-hydrogen) atoms. The first kappa shape index (κ1) is 20.1. The minimum Gasteiger partial charge on any atom is -0.492 e. The van der Waals surface area contributed by atoms with Gasteiger partial charge in [-0.1, -0.05) is 19.1 Å². The van der Waals surface area contributed by atoms with Crippen molar-refractivity contribution in [2.75, 3.05) is 18.5 Å². The number of nitro groups is 1. The van der Waals surface area contributed by atoms with Crippen molar-refractivity contribution < 1.29 is 19.2 Å². The Morgan fingerprint density at radius 3 is 2.34 bits per heavy atom. The Hall–Kier alpha value is -3.68. The van der Waals surface area contributed by atoms with E-state index in [1.807, 2.05) is 19.9 Å². The predicted octanol–water partition coefficient (Wildman–Crippen LogP) is 3.60. The number of hydrogen-bond donors (Lipinski definition) is 1. The summed E-state index contributed by atoms with van der Waals surface area (Å²) >= 11 is 0. The Labute approximate surface area is 167 Å². The van der Waals surface area contributed by atoms with E-state index in [0.29, 0.717) is 30.0 Å². The molecule has 2 aromatic carbocycles. The van der Waals surface area contributed by atoms with Crippen LogP contribution in [0.2, 0.25) is 0 Å². The van der Waals surface area contributed by atoms with Crippen molar-refractivity contribution in [3.63, 3.8) is 0 Å². The number of benzene rings is 2. The van der Waals surface area contributed by atoms with E-state index in [1.54, 1.807) is 18.2 Å². The van der Waals surface area contributed by atoms with Crippen molar-refractivity contribution in [2.45, 2.75) is 20.3 Å². The molecule has 0 radical (unpaired) electrons. The quantitative estimate of drug-likeness (QED) is 0.416. The number of rotatable bonds is 8. The highest BCUT2D eigenvalue weighted by Crippen LogP contribution is 2.34. The molecule has 0 bridgehead atoms. The van der Waals surface area contributed by atoms with Gasteiger partial charge in [-0.2, -0.15) is 0 Å². The summed E-state index contributed by atoms with van der Waals surface area (Å²) in [5, 5.41) is 14.0. The lowest BCUT2D eigenvalue weighted by molar-refractivity contribution is -0.384. The molecular formula is C21H21N3O5. The summed E-state index contributed by atoms with van der Waals surface area (Å²) in [4.78, 5) is 37.6. The molecular weight excluding hydrogens is 374 g/mol. The molecule has 0 saturated heterocycles. The van der Waals surface area contributed by atoms with Crippen molar-refractivity contribution in [1.82, 2.24) is 4.90 Å². The molecule has 0 atom stereocenters. The third-order valence-electron chi connectivity index (χ3n) is 4.43. The van der Waals surface area contributed by atoms with E-state index in [0.717, 1.165) is 0 Å². The number of anilines is 1. The molecule has 0 saturated carbocycles. The van der Waals surface area contributed by atoms with E-state index in [2.05, 4.69) is 5.32 Å². The number of non-ortho nitro benzene ring substituents is 1. The van der Waals surface area contributed by atoms with Crippen molar-refractivity contribution in [3.05, 3.63) is 69.9 Å². The Bertz CT molecular complexity index is 982. The molecule has 0 spiro atoms. The zero-order valence-electron chi connectivity index (χ0n) is 16.2. The van der Waals surface area contributed by atoms with Gasteiger partial charge in [-0.05, 0) is 43.2 Å². The Kier molecular flexibility index (Phi) is 5.92. The first-order chi connectivity index (χ1) is 14.0. The van der Waals surface area contributed by atoms with Gasteiger partial charge in [0.15, 0.2) is 0 Å². The van der Waals surface area contributed by atoms with E-state index in [4.69, 9.17) is 4.74 Å². The number of amides is 2. The number of imide groups is 1. The fourth-order valence-electron chi connectivity index (χ4n) is 3.12. The van der Waals surface area contributed by atoms with Gasteiger partial charge in [0, 0.05) is 18.7 Å². The average Bonchev–Trinajstić information content (AvgIpc) is 2.94. The molecule has 0 fully saturated rings. The summed E-state index contributed by atoms with van der Waals surface area (Å²) in [5.74, 6) is -0.307. The SMILES string of the molecule is CCCN1C(=O)C(Nc2ccccc2OCC)=C(c2ccc([N+](=O)[O-])cc2)C1=O. The maximum atomic E-state index is 13.0. The third-order valence-corrected chi connectivity index (χ3v) is 4.43. The normalized spacial score (nSPS) is 13.8. The summed E-state index contributed by atoms with van der Waals surface area (Å²) in [5.41, 5.74) is 1.22. The molecule has 1 heterocycles. The fraction of sp³-hybridized carbons (Fsp3) is 0.238. The molecule has 0 aromatic heterocycles. The van der Waals surface area contributed by atoms with Gasteiger partial charge in [0.1, 0.15) is 11.4 Å². The molecule has 1 aliphatic heterocycles. The number of carbonyl (C=O) groups excluding carboxylic acids is 2. The van der Waals surface area contributed by atoms with Crippen LogP contribution in [0.5, 0.6) is 5.75 Å². The monoisotopic (exact) mass is 395 g/mol. The first-order valence-electron chi connectivity index (χ1n) is 9.32. The van der Waals surface area contributed by atoms with Crippen LogP contribution in [-0.2, 0) is 9.59 Å². The molecule has 8 nitrogen and oxygen atoms in total. The van der Waals surface area contributed by atoms with Gasteiger partial charge in [0.2, 0.25) is 0 Å². The maximum absolute atomic E-state index is 13.0. The van der Waals surface area contributed by atoms with E-state index < -0.39 is 16.7 Å². The molecule has 8 heteroatoms. The van der Waals surface area contributed by atoms with Crippen molar-refractivity contribution in [3.8, 4) is 5.75 Å². The number of hydrogen-bond acceptors (Lipinski definition) is 6. The van der Waals surface area contributed by atoms with Gasteiger partial charge in [0.25, 0.3) is 17.5 Å². The second-order valence-corrected chi connectivity index (χ2v) is 6.37. The van der Waals surface area contributed by atoms with Gasteiger partial charge >= 0.3 is 0 Å². The lowest BCUT2D eigenvalue weighted by Gasteiger charge is -2.15. The van der Waals surface area contributed by atoms with E-state index in [-0.39, 0.29) is 23.5 Å². The minimum absolute atomic E-state index is 0.0901. The van der Waals surface area contributed by atoms with Crippen LogP contribution in [0.25, 0.3) is 5.57 Å². The summed E-state index contributed by atoms with van der Waals surface area (Å²) in [6.45, 7) is 4.46. The molecule has 1 N–H and O–H groups in total. The Balaban J connectivity index is 2.07. The van der Waals surface area contributed by atoms with E-state index >= 15 is 0 Å². The van der Waals surface area contributed by atoms with Crippen molar-refractivity contribution >= 4 is 28.8 Å². The van der Waals surface area contributed by atoms with E-state index in [9.17, 15) is 19.7 Å². The molecule has 0 aliphatic carbocycles. The van der Waals surface area contributed by atoms with Crippen LogP contribution in [0.4, 0.5) is 11.4 Å². The van der Waals surface area contributed by atoms with Crippen LogP contribution in [0.1, 0.15) is 25.8 Å². The zero-order valence-corrected chi connectivity index (χ0v) is 16.2. The van der Waals surface area contributed by atoms with Crippen LogP contribution < -0.4 is 10.1 Å². The van der Waals surface area contributed by atoms with Crippen LogP contribution in [0, 0.1) is 10.1 Å². The second kappa shape index (κ2) is 8.55. The molecule has 3 rings (SSSR count). The molecule has 2 amide bonds. The molecule has 2 aromatic rings. The average molecular weight is 395 g/mol. The molecule has 1 aliphatic rings. The van der Waals surface area contributed by atoms with Gasteiger partial charge in [-0.3, -0.25) is 24.6 Å². The standard InChI is InChI=1S/C21H21N3O5/c1-3-13-23-20(25)18(14-9-11-15(12-10-14)24(27)28)19(21(23)26)22-16-7-5-6-8-17(16)29-4-2/h5-12,22H,3-4,13H2,1-2H3. The van der Waals surface area contributed by atoms with Gasteiger partial charge in [-0.25, -0.2) is 0 Å². The lowest BCUT2D eigenvalue weighted by Crippen LogP contribution is -2.33. The maximum Gasteiger partial charge on any atom is 0.278 e. The molecule has 0 unspecified atom stereocenters. The largest absolute Gasteiger partial charge is 0.492 e. The Morgan fingerprint density at radius 2 is 1.72 bits per heavy atom. The Morgan fingerprint density at radius 1 is 1.03 bits per heavy atom. The second-order valence-electron chi connectivity index (χ2n) is 6.37. The fourth-order valence-corrected chi connectivity index (χ4v) is 3.12. The van der Waals surface area contributed by atoms with Crippen LogP contribution >= 0.6 is 0 Å². The minimum atomic E-state index is -0.513. The number of para-hydroxylation sites is 2. The summed E-state index contributed by atoms with van der Waals surface area (Å²) in [6.07, 6.45) is 0.619. The van der Waals surface area contributed by atoms with Crippen LogP contribution in [0.3, 0.4) is 0 Å². The topological polar surface area (TPSA) is 102 Å². The smallest absolute Gasteiger partial charge is 0.278 e. The number of ether oxygens (including phenoxy) is 1. The number of carbonyl (C=O) groups is 2. The highest BCUT2D eigenvalue weighted by Gasteiger charge is 2.39.